The zero-order valence-electron chi connectivity index (χ0n) is 9.97. The van der Waals surface area contributed by atoms with E-state index in [1.54, 1.807) is 23.0 Å². The summed E-state index contributed by atoms with van der Waals surface area (Å²) in [6.45, 7) is 2.99. The van der Waals surface area contributed by atoms with Crippen LogP contribution in [0.2, 0.25) is 0 Å². The molecular formula is C13H13BrN2O2. The van der Waals surface area contributed by atoms with E-state index in [2.05, 4.69) is 20.9 Å². The first-order valence-corrected chi connectivity index (χ1v) is 6.42. The minimum Gasteiger partial charge on any atom is -0.492 e. The summed E-state index contributed by atoms with van der Waals surface area (Å²) < 4.78 is 7.79. The molecule has 18 heavy (non-hydrogen) atoms. The first-order chi connectivity index (χ1) is 8.69. The van der Waals surface area contributed by atoms with Gasteiger partial charge < -0.3 is 9.30 Å². The van der Waals surface area contributed by atoms with E-state index in [0.29, 0.717) is 13.2 Å². The topological polar surface area (TPSA) is 44.1 Å². The molecule has 0 unspecified atom stereocenters. The Labute approximate surface area is 113 Å². The van der Waals surface area contributed by atoms with Crippen molar-refractivity contribution in [2.45, 2.75) is 13.5 Å². The third-order valence-electron chi connectivity index (χ3n) is 2.39. The fourth-order valence-corrected chi connectivity index (χ4v) is 1.94. The quantitative estimate of drug-likeness (QED) is 0.871. The van der Waals surface area contributed by atoms with E-state index in [1.165, 1.54) is 6.07 Å². The van der Waals surface area contributed by atoms with E-state index in [-0.39, 0.29) is 5.56 Å². The Morgan fingerprint density at radius 1 is 1.33 bits per heavy atom. The first kappa shape index (κ1) is 12.8. The standard InChI is InChI=1S/C13H13BrN2O2/c1-2-18-12-5-4-11(15-7-12)9-16-8-10(14)3-6-13(16)17/h3-8H,2,9H2,1H3. The number of halogens is 1. The van der Waals surface area contributed by atoms with Gasteiger partial charge in [0.05, 0.1) is 25.0 Å². The highest BCUT2D eigenvalue weighted by molar-refractivity contribution is 9.10. The van der Waals surface area contributed by atoms with Gasteiger partial charge in [0.1, 0.15) is 5.75 Å². The number of rotatable bonds is 4. The fourth-order valence-electron chi connectivity index (χ4n) is 1.56. The molecule has 0 N–H and O–H groups in total. The van der Waals surface area contributed by atoms with Crippen LogP contribution < -0.4 is 10.3 Å². The Morgan fingerprint density at radius 3 is 2.83 bits per heavy atom. The third kappa shape index (κ3) is 3.20. The Morgan fingerprint density at radius 2 is 2.17 bits per heavy atom. The van der Waals surface area contributed by atoms with Crippen LogP contribution in [0.5, 0.6) is 5.75 Å². The summed E-state index contributed by atoms with van der Waals surface area (Å²) >= 11 is 3.34. The van der Waals surface area contributed by atoms with Crippen molar-refractivity contribution >= 4 is 15.9 Å². The molecule has 0 aliphatic heterocycles. The number of hydrogen-bond donors (Lipinski definition) is 0. The maximum Gasteiger partial charge on any atom is 0.250 e. The number of ether oxygens (including phenoxy) is 1. The van der Waals surface area contributed by atoms with Crippen LogP contribution in [0.3, 0.4) is 0 Å². The third-order valence-corrected chi connectivity index (χ3v) is 2.86. The van der Waals surface area contributed by atoms with Gasteiger partial charge in [0.25, 0.3) is 5.56 Å². The zero-order chi connectivity index (χ0) is 13.0. The predicted octanol–water partition coefficient (Wildman–Crippen LogP) is 2.45. The Balaban J connectivity index is 2.18. The van der Waals surface area contributed by atoms with Crippen molar-refractivity contribution in [3.05, 3.63) is 57.2 Å². The lowest BCUT2D eigenvalue weighted by molar-refractivity contribution is 0.338. The van der Waals surface area contributed by atoms with Gasteiger partial charge in [0, 0.05) is 16.7 Å². The molecule has 2 rings (SSSR count). The van der Waals surface area contributed by atoms with E-state index in [4.69, 9.17) is 4.74 Å². The van der Waals surface area contributed by atoms with Crippen LogP contribution in [0, 0.1) is 0 Å². The second-order valence-electron chi connectivity index (χ2n) is 3.73. The lowest BCUT2D eigenvalue weighted by Crippen LogP contribution is -2.19. The van der Waals surface area contributed by atoms with Gasteiger partial charge in [-0.25, -0.2) is 0 Å². The van der Waals surface area contributed by atoms with Gasteiger partial charge in [-0.15, -0.1) is 0 Å². The summed E-state index contributed by atoms with van der Waals surface area (Å²) in [4.78, 5) is 15.9. The highest BCUT2D eigenvalue weighted by atomic mass is 79.9. The minimum atomic E-state index is -0.0473. The molecule has 0 aliphatic carbocycles. The van der Waals surface area contributed by atoms with E-state index in [9.17, 15) is 4.79 Å². The Bertz CT molecular complexity index is 578. The largest absolute Gasteiger partial charge is 0.492 e. The van der Waals surface area contributed by atoms with Crippen LogP contribution in [0.1, 0.15) is 12.6 Å². The molecule has 0 fully saturated rings. The molecule has 4 nitrogen and oxygen atoms in total. The van der Waals surface area contributed by atoms with Crippen LogP contribution in [0.15, 0.2) is 45.9 Å². The number of pyridine rings is 2. The molecule has 94 valence electrons. The van der Waals surface area contributed by atoms with E-state index < -0.39 is 0 Å². The molecule has 0 spiro atoms. The van der Waals surface area contributed by atoms with Gasteiger partial charge in [-0.05, 0) is 41.1 Å². The van der Waals surface area contributed by atoms with Gasteiger partial charge >= 0.3 is 0 Å². The van der Waals surface area contributed by atoms with Gasteiger partial charge in [0.2, 0.25) is 0 Å². The van der Waals surface area contributed by atoms with Crippen molar-refractivity contribution in [1.82, 2.24) is 9.55 Å². The van der Waals surface area contributed by atoms with Crippen LogP contribution >= 0.6 is 15.9 Å². The average molecular weight is 309 g/mol. The van der Waals surface area contributed by atoms with Crippen molar-refractivity contribution in [3.63, 3.8) is 0 Å². The van der Waals surface area contributed by atoms with Gasteiger partial charge in [-0.1, -0.05) is 0 Å². The molecule has 0 saturated heterocycles. The molecule has 0 bridgehead atoms. The molecule has 0 amide bonds. The van der Waals surface area contributed by atoms with E-state index in [0.717, 1.165) is 15.9 Å². The summed E-state index contributed by atoms with van der Waals surface area (Å²) in [5.41, 5.74) is 0.771. The maximum atomic E-state index is 11.6. The SMILES string of the molecule is CCOc1ccc(Cn2cc(Br)ccc2=O)nc1. The summed E-state index contributed by atoms with van der Waals surface area (Å²) in [7, 11) is 0. The van der Waals surface area contributed by atoms with Gasteiger partial charge in [-0.2, -0.15) is 0 Å². The lowest BCUT2D eigenvalue weighted by Gasteiger charge is -2.07. The lowest BCUT2D eigenvalue weighted by atomic mass is 10.3. The van der Waals surface area contributed by atoms with Crippen molar-refractivity contribution < 1.29 is 4.74 Å². The number of hydrogen-bond acceptors (Lipinski definition) is 3. The molecule has 0 radical (unpaired) electrons. The summed E-state index contributed by atoms with van der Waals surface area (Å²) in [5, 5.41) is 0. The molecule has 0 aliphatic rings. The van der Waals surface area contributed by atoms with Gasteiger partial charge in [0.15, 0.2) is 0 Å². The van der Waals surface area contributed by atoms with E-state index >= 15 is 0 Å². The zero-order valence-corrected chi connectivity index (χ0v) is 11.6. The predicted molar refractivity (Wildman–Crippen MR) is 72.9 cm³/mol. The van der Waals surface area contributed by atoms with Gasteiger partial charge in [-0.3, -0.25) is 9.78 Å². The Kier molecular flexibility index (Phi) is 4.15. The van der Waals surface area contributed by atoms with Crippen LogP contribution in [-0.4, -0.2) is 16.2 Å². The molecule has 0 aromatic carbocycles. The van der Waals surface area contributed by atoms with Crippen LogP contribution in [0.25, 0.3) is 0 Å². The summed E-state index contributed by atoms with van der Waals surface area (Å²) in [6.07, 6.45) is 3.42. The number of aromatic nitrogens is 2. The second-order valence-corrected chi connectivity index (χ2v) is 4.65. The molecular weight excluding hydrogens is 296 g/mol. The molecule has 2 heterocycles. The molecule has 2 aromatic rings. The van der Waals surface area contributed by atoms with Crippen molar-refractivity contribution in [2.75, 3.05) is 6.61 Å². The highest BCUT2D eigenvalue weighted by Crippen LogP contribution is 2.10. The average Bonchev–Trinajstić information content (AvgIpc) is 2.37. The van der Waals surface area contributed by atoms with E-state index in [1.807, 2.05) is 19.1 Å². The smallest absolute Gasteiger partial charge is 0.250 e. The van der Waals surface area contributed by atoms with Crippen molar-refractivity contribution in [1.29, 1.82) is 0 Å². The first-order valence-electron chi connectivity index (χ1n) is 5.63. The fraction of sp³-hybridized carbons (Fsp3) is 0.231. The van der Waals surface area contributed by atoms with Crippen LogP contribution in [0.4, 0.5) is 0 Å². The maximum absolute atomic E-state index is 11.6. The normalized spacial score (nSPS) is 10.3. The highest BCUT2D eigenvalue weighted by Gasteiger charge is 2.01. The van der Waals surface area contributed by atoms with Crippen molar-refractivity contribution in [3.8, 4) is 5.75 Å². The Hall–Kier alpha value is -1.62. The monoisotopic (exact) mass is 308 g/mol. The molecule has 0 atom stereocenters. The summed E-state index contributed by atoms with van der Waals surface area (Å²) in [5.74, 6) is 0.739. The van der Waals surface area contributed by atoms with Crippen molar-refractivity contribution in [2.24, 2.45) is 0 Å². The molecule has 0 saturated carbocycles. The van der Waals surface area contributed by atoms with Crippen LogP contribution in [-0.2, 0) is 6.54 Å². The second kappa shape index (κ2) is 5.82. The molecule has 2 aromatic heterocycles. The number of nitrogens with zero attached hydrogens (tertiary/aromatic N) is 2. The summed E-state index contributed by atoms with van der Waals surface area (Å²) in [6, 6.07) is 6.97. The molecule has 5 heteroatoms. The minimum absolute atomic E-state index is 0.0473.